The van der Waals surface area contributed by atoms with Crippen LogP contribution in [0.25, 0.3) is 0 Å². The smallest absolute Gasteiger partial charge is 0.306 e. The Morgan fingerprint density at radius 1 is 0.452 bits per heavy atom. The van der Waals surface area contributed by atoms with Gasteiger partial charge in [0.2, 0.25) is 0 Å². The molecular formula is C37H73NO4. The standard InChI is InChI=1S/C37H73NO4/c1-3-5-7-9-11-13-15-17-18-20-22-24-26-28-30-32-37(40)42-35(33-38)34-41-36(39)31-29-27-25-23-21-19-16-14-12-10-8-6-4-2/h35H,3-34,38H2,1-2H3. The molecule has 0 aliphatic carbocycles. The number of carbonyl (C=O) groups excluding carboxylic acids is 2. The summed E-state index contributed by atoms with van der Waals surface area (Å²) in [6.45, 7) is 4.78. The van der Waals surface area contributed by atoms with E-state index in [9.17, 15) is 9.59 Å². The van der Waals surface area contributed by atoms with Crippen molar-refractivity contribution in [3.63, 3.8) is 0 Å². The van der Waals surface area contributed by atoms with Crippen LogP contribution >= 0.6 is 0 Å². The monoisotopic (exact) mass is 596 g/mol. The lowest BCUT2D eigenvalue weighted by atomic mass is 10.0. The van der Waals surface area contributed by atoms with Crippen LogP contribution in [0.2, 0.25) is 0 Å². The minimum absolute atomic E-state index is 0.0678. The lowest BCUT2D eigenvalue weighted by molar-refractivity contribution is -0.158. The highest BCUT2D eigenvalue weighted by Crippen LogP contribution is 2.15. The van der Waals surface area contributed by atoms with Crippen molar-refractivity contribution in [3.8, 4) is 0 Å². The molecule has 42 heavy (non-hydrogen) atoms. The summed E-state index contributed by atoms with van der Waals surface area (Å²) in [5.41, 5.74) is 5.75. The Labute approximate surface area is 262 Å². The topological polar surface area (TPSA) is 78.6 Å². The molecule has 250 valence electrons. The van der Waals surface area contributed by atoms with Crippen molar-refractivity contribution in [1.82, 2.24) is 0 Å². The minimum atomic E-state index is -0.538. The molecule has 0 bridgehead atoms. The molecule has 0 rings (SSSR count). The van der Waals surface area contributed by atoms with E-state index in [2.05, 4.69) is 13.8 Å². The summed E-state index contributed by atoms with van der Waals surface area (Å²) < 4.78 is 10.8. The van der Waals surface area contributed by atoms with Gasteiger partial charge in [0.25, 0.3) is 0 Å². The first-order valence-corrected chi connectivity index (χ1v) is 18.7. The predicted octanol–water partition coefficient (Wildman–Crippen LogP) is 11.1. The number of nitrogens with two attached hydrogens (primary N) is 1. The molecule has 0 aliphatic heterocycles. The fraction of sp³-hybridized carbons (Fsp3) is 0.946. The third-order valence-corrected chi connectivity index (χ3v) is 8.46. The van der Waals surface area contributed by atoms with Crippen LogP contribution in [0.4, 0.5) is 0 Å². The lowest BCUT2D eigenvalue weighted by Gasteiger charge is -2.16. The molecule has 0 aromatic heterocycles. The average Bonchev–Trinajstić information content (AvgIpc) is 2.99. The zero-order valence-electron chi connectivity index (χ0n) is 28.4. The Morgan fingerprint density at radius 3 is 1.05 bits per heavy atom. The maximum absolute atomic E-state index is 12.2. The molecule has 0 spiro atoms. The number of unbranched alkanes of at least 4 members (excludes halogenated alkanes) is 26. The Morgan fingerprint density at radius 2 is 0.738 bits per heavy atom. The van der Waals surface area contributed by atoms with Crippen LogP contribution in [0, 0.1) is 0 Å². The summed E-state index contributed by atoms with van der Waals surface area (Å²) in [4.78, 5) is 24.3. The van der Waals surface area contributed by atoms with E-state index in [0.717, 1.165) is 25.7 Å². The van der Waals surface area contributed by atoms with Gasteiger partial charge in [0.15, 0.2) is 0 Å². The second kappa shape index (κ2) is 34.4. The number of rotatable bonds is 34. The fourth-order valence-electron chi connectivity index (χ4n) is 5.58. The second-order valence-electron chi connectivity index (χ2n) is 12.7. The van der Waals surface area contributed by atoms with E-state index in [4.69, 9.17) is 15.2 Å². The molecule has 0 heterocycles. The van der Waals surface area contributed by atoms with Crippen LogP contribution in [-0.4, -0.2) is 31.2 Å². The van der Waals surface area contributed by atoms with Crippen LogP contribution in [0.15, 0.2) is 0 Å². The average molecular weight is 596 g/mol. The van der Waals surface area contributed by atoms with Gasteiger partial charge in [0.05, 0.1) is 0 Å². The molecule has 0 fully saturated rings. The van der Waals surface area contributed by atoms with E-state index < -0.39 is 6.10 Å². The first-order valence-electron chi connectivity index (χ1n) is 18.7. The molecule has 5 heteroatoms. The highest BCUT2D eigenvalue weighted by molar-refractivity contribution is 5.70. The molecule has 5 nitrogen and oxygen atoms in total. The summed E-state index contributed by atoms with van der Waals surface area (Å²) in [6.07, 6.45) is 36.5. The largest absolute Gasteiger partial charge is 0.462 e. The molecule has 0 saturated heterocycles. The SMILES string of the molecule is CCCCCCCCCCCCCCCCCC(=O)OC(CN)COC(=O)CCCCCCCCCCCCCCC. The van der Waals surface area contributed by atoms with Crippen LogP contribution < -0.4 is 5.73 Å². The highest BCUT2D eigenvalue weighted by Gasteiger charge is 2.15. The van der Waals surface area contributed by atoms with E-state index in [1.807, 2.05) is 0 Å². The van der Waals surface area contributed by atoms with Gasteiger partial charge < -0.3 is 15.2 Å². The molecule has 0 radical (unpaired) electrons. The van der Waals surface area contributed by atoms with Crippen molar-refractivity contribution in [2.75, 3.05) is 13.2 Å². The summed E-state index contributed by atoms with van der Waals surface area (Å²) in [5.74, 6) is -0.442. The van der Waals surface area contributed by atoms with Crippen LogP contribution in [0.1, 0.15) is 206 Å². The van der Waals surface area contributed by atoms with E-state index >= 15 is 0 Å². The van der Waals surface area contributed by atoms with Gasteiger partial charge in [-0.15, -0.1) is 0 Å². The van der Waals surface area contributed by atoms with Gasteiger partial charge in [-0.2, -0.15) is 0 Å². The third kappa shape index (κ3) is 31.8. The van der Waals surface area contributed by atoms with Crippen LogP contribution in [0.5, 0.6) is 0 Å². The highest BCUT2D eigenvalue weighted by atomic mass is 16.6. The molecule has 0 aliphatic rings. The molecule has 0 aromatic rings. The zero-order chi connectivity index (χ0) is 30.8. The molecular weight excluding hydrogens is 522 g/mol. The van der Waals surface area contributed by atoms with Gasteiger partial charge >= 0.3 is 11.9 Å². The Balaban J connectivity index is 3.51. The first-order chi connectivity index (χ1) is 20.6. The Bertz CT molecular complexity index is 568. The molecule has 1 unspecified atom stereocenters. The summed E-state index contributed by atoms with van der Waals surface area (Å²) >= 11 is 0. The normalized spacial score (nSPS) is 12.0. The van der Waals surface area contributed by atoms with Gasteiger partial charge in [-0.05, 0) is 12.8 Å². The Hall–Kier alpha value is -1.10. The van der Waals surface area contributed by atoms with E-state index in [1.54, 1.807) is 0 Å². The number of carbonyl (C=O) groups is 2. The number of hydrogen-bond donors (Lipinski definition) is 1. The fourth-order valence-corrected chi connectivity index (χ4v) is 5.58. The van der Waals surface area contributed by atoms with Gasteiger partial charge in [0, 0.05) is 19.4 Å². The van der Waals surface area contributed by atoms with E-state index in [-0.39, 0.29) is 25.1 Å². The van der Waals surface area contributed by atoms with E-state index in [1.165, 1.54) is 154 Å². The van der Waals surface area contributed by atoms with E-state index in [0.29, 0.717) is 12.8 Å². The van der Waals surface area contributed by atoms with Gasteiger partial charge in [-0.1, -0.05) is 181 Å². The van der Waals surface area contributed by atoms with Crippen molar-refractivity contribution in [2.45, 2.75) is 213 Å². The van der Waals surface area contributed by atoms with Gasteiger partial charge in [0.1, 0.15) is 12.7 Å². The van der Waals surface area contributed by atoms with Crippen molar-refractivity contribution >= 4 is 11.9 Å². The molecule has 1 atom stereocenters. The molecule has 0 aromatic carbocycles. The lowest BCUT2D eigenvalue weighted by Crippen LogP contribution is -2.32. The van der Waals surface area contributed by atoms with Crippen molar-refractivity contribution < 1.29 is 19.1 Å². The molecule has 0 amide bonds. The third-order valence-electron chi connectivity index (χ3n) is 8.46. The quantitative estimate of drug-likeness (QED) is 0.0591. The van der Waals surface area contributed by atoms with Gasteiger partial charge in [-0.3, -0.25) is 9.59 Å². The number of ether oxygens (including phenoxy) is 2. The van der Waals surface area contributed by atoms with Crippen molar-refractivity contribution in [1.29, 1.82) is 0 Å². The maximum Gasteiger partial charge on any atom is 0.306 e. The summed E-state index contributed by atoms with van der Waals surface area (Å²) in [6, 6.07) is 0. The van der Waals surface area contributed by atoms with Crippen molar-refractivity contribution in [2.24, 2.45) is 5.73 Å². The van der Waals surface area contributed by atoms with Crippen LogP contribution in [-0.2, 0) is 19.1 Å². The Kier molecular flexibility index (Phi) is 33.5. The minimum Gasteiger partial charge on any atom is -0.462 e. The van der Waals surface area contributed by atoms with Gasteiger partial charge in [-0.25, -0.2) is 0 Å². The first kappa shape index (κ1) is 40.9. The summed E-state index contributed by atoms with van der Waals surface area (Å²) in [5, 5.41) is 0. The number of hydrogen-bond acceptors (Lipinski definition) is 5. The van der Waals surface area contributed by atoms with Crippen LogP contribution in [0.3, 0.4) is 0 Å². The number of esters is 2. The van der Waals surface area contributed by atoms with Crippen molar-refractivity contribution in [3.05, 3.63) is 0 Å². The molecule has 2 N–H and O–H groups in total. The zero-order valence-corrected chi connectivity index (χ0v) is 28.4. The maximum atomic E-state index is 12.2. The predicted molar refractivity (Wildman–Crippen MR) is 180 cm³/mol. The molecule has 0 saturated carbocycles. The second-order valence-corrected chi connectivity index (χ2v) is 12.7. The summed E-state index contributed by atoms with van der Waals surface area (Å²) in [7, 11) is 0.